The second kappa shape index (κ2) is 8.45. The normalized spacial score (nSPS) is 14.3. The molecule has 1 aromatic heterocycles. The first-order valence-corrected chi connectivity index (χ1v) is 11.3. The molecule has 0 aliphatic carbocycles. The molecule has 0 unspecified atom stereocenters. The summed E-state index contributed by atoms with van der Waals surface area (Å²) < 4.78 is 5.19. The van der Waals surface area contributed by atoms with Crippen molar-refractivity contribution in [2.75, 3.05) is 17.3 Å². The maximum atomic E-state index is 13.4. The van der Waals surface area contributed by atoms with Gasteiger partial charge in [0.25, 0.3) is 11.8 Å². The maximum Gasteiger partial charge on any atom is 0.282 e. The van der Waals surface area contributed by atoms with Crippen LogP contribution in [-0.4, -0.2) is 18.9 Å². The molecule has 1 aliphatic rings. The highest BCUT2D eigenvalue weighted by Gasteiger charge is 2.41. The lowest BCUT2D eigenvalue weighted by molar-refractivity contribution is -0.120. The molecule has 2 heterocycles. The smallest absolute Gasteiger partial charge is 0.282 e. The molecule has 0 spiro atoms. The molecular weight excluding hydrogens is 444 g/mol. The number of rotatable bonds is 5. The zero-order chi connectivity index (χ0) is 23.0. The number of nitrogens with zero attached hydrogens (tertiary/aromatic N) is 1. The van der Waals surface area contributed by atoms with E-state index in [0.29, 0.717) is 22.0 Å². The number of anilines is 2. The van der Waals surface area contributed by atoms with Gasteiger partial charge in [-0.15, -0.1) is 11.3 Å². The monoisotopic (exact) mass is 466 g/mol. The van der Waals surface area contributed by atoms with Crippen molar-refractivity contribution in [3.05, 3.63) is 81.1 Å². The minimum absolute atomic E-state index is 0.0174. The number of carbonyl (C=O) groups excluding carboxylic acids is 2. The molecule has 2 aromatic carbocycles. The van der Waals surface area contributed by atoms with Crippen LogP contribution in [0.4, 0.5) is 11.4 Å². The molecule has 4 rings (SSSR count). The highest BCUT2D eigenvalue weighted by atomic mass is 35.5. The number of carbonyl (C=O) groups is 2. The van der Waals surface area contributed by atoms with E-state index in [9.17, 15) is 9.59 Å². The largest absolute Gasteiger partial charge is 0.495 e. The third-order valence-electron chi connectivity index (χ3n) is 5.27. The van der Waals surface area contributed by atoms with Crippen LogP contribution in [0.15, 0.2) is 65.7 Å². The third kappa shape index (κ3) is 4.04. The van der Waals surface area contributed by atoms with Gasteiger partial charge in [-0.1, -0.05) is 50.6 Å². The van der Waals surface area contributed by atoms with E-state index in [2.05, 4.69) is 26.1 Å². The van der Waals surface area contributed by atoms with E-state index in [4.69, 9.17) is 16.3 Å². The summed E-state index contributed by atoms with van der Waals surface area (Å²) in [5.74, 6) is -0.356. The fourth-order valence-electron chi connectivity index (χ4n) is 3.52. The molecule has 164 valence electrons. The van der Waals surface area contributed by atoms with E-state index in [1.807, 2.05) is 41.8 Å². The van der Waals surface area contributed by atoms with Crippen LogP contribution in [0.3, 0.4) is 0 Å². The Morgan fingerprint density at radius 2 is 1.72 bits per heavy atom. The third-order valence-corrected chi connectivity index (χ3v) is 6.45. The second-order valence-electron chi connectivity index (χ2n) is 8.44. The van der Waals surface area contributed by atoms with Gasteiger partial charge in [0.1, 0.15) is 11.4 Å². The van der Waals surface area contributed by atoms with E-state index < -0.39 is 11.8 Å². The SMILES string of the molecule is COc1ccc(N2C(=O)C(Nc3ccc(C(C)(C)C)cc3)=C(c3cccs3)C2=O)cc1Cl. The van der Waals surface area contributed by atoms with E-state index >= 15 is 0 Å². The number of hydrogen-bond donors (Lipinski definition) is 1. The summed E-state index contributed by atoms with van der Waals surface area (Å²) in [7, 11) is 1.51. The van der Waals surface area contributed by atoms with Gasteiger partial charge in [0.2, 0.25) is 0 Å². The van der Waals surface area contributed by atoms with Gasteiger partial charge in [0, 0.05) is 10.6 Å². The predicted octanol–water partition coefficient (Wildman–Crippen LogP) is 6.10. The van der Waals surface area contributed by atoms with Gasteiger partial charge in [0.05, 0.1) is 23.4 Å². The van der Waals surface area contributed by atoms with Gasteiger partial charge in [-0.3, -0.25) is 9.59 Å². The van der Waals surface area contributed by atoms with E-state index in [0.717, 1.165) is 15.5 Å². The van der Waals surface area contributed by atoms with Crippen molar-refractivity contribution in [1.82, 2.24) is 0 Å². The molecule has 0 saturated heterocycles. The van der Waals surface area contributed by atoms with Crippen molar-refractivity contribution in [1.29, 1.82) is 0 Å². The second-order valence-corrected chi connectivity index (χ2v) is 9.80. The van der Waals surface area contributed by atoms with Crippen LogP contribution in [0.5, 0.6) is 5.75 Å². The average molecular weight is 467 g/mol. The van der Waals surface area contributed by atoms with Crippen LogP contribution < -0.4 is 15.0 Å². The topological polar surface area (TPSA) is 58.6 Å². The zero-order valence-electron chi connectivity index (χ0n) is 18.2. The lowest BCUT2D eigenvalue weighted by atomic mass is 9.87. The Balaban J connectivity index is 1.73. The number of benzene rings is 2. The Bertz CT molecular complexity index is 1210. The standard InChI is InChI=1S/C25H23ClN2O3S/c1-25(2,3)15-7-9-16(10-8-15)27-22-21(20-6-5-13-32-20)23(29)28(24(22)30)17-11-12-19(31-4)18(26)14-17/h5-14,27H,1-4H3. The molecule has 0 saturated carbocycles. The summed E-state index contributed by atoms with van der Waals surface area (Å²) in [5, 5.41) is 5.39. The fourth-order valence-corrected chi connectivity index (χ4v) is 4.54. The summed E-state index contributed by atoms with van der Waals surface area (Å²) in [6.07, 6.45) is 0. The number of imide groups is 1. The van der Waals surface area contributed by atoms with Crippen LogP contribution in [0.25, 0.3) is 5.57 Å². The molecule has 3 aromatic rings. The average Bonchev–Trinajstić information content (AvgIpc) is 3.35. The van der Waals surface area contributed by atoms with Gasteiger partial charge < -0.3 is 10.1 Å². The van der Waals surface area contributed by atoms with Gasteiger partial charge in [-0.2, -0.15) is 0 Å². The summed E-state index contributed by atoms with van der Waals surface area (Å²) in [6.45, 7) is 6.43. The summed E-state index contributed by atoms with van der Waals surface area (Å²) >= 11 is 7.66. The molecule has 32 heavy (non-hydrogen) atoms. The molecular formula is C25H23ClN2O3S. The van der Waals surface area contributed by atoms with E-state index in [-0.39, 0.29) is 11.1 Å². The fraction of sp³-hybridized carbons (Fsp3) is 0.200. The van der Waals surface area contributed by atoms with Gasteiger partial charge in [0.15, 0.2) is 0 Å². The van der Waals surface area contributed by atoms with Gasteiger partial charge >= 0.3 is 0 Å². The van der Waals surface area contributed by atoms with Gasteiger partial charge in [-0.05, 0) is 52.8 Å². The zero-order valence-corrected chi connectivity index (χ0v) is 19.8. The lowest BCUT2D eigenvalue weighted by Gasteiger charge is -2.19. The summed E-state index contributed by atoms with van der Waals surface area (Å²) in [6, 6.07) is 16.4. The number of thiophene rings is 1. The van der Waals surface area contributed by atoms with Crippen LogP contribution >= 0.6 is 22.9 Å². The lowest BCUT2D eigenvalue weighted by Crippen LogP contribution is -2.32. The van der Waals surface area contributed by atoms with Crippen LogP contribution in [0.2, 0.25) is 5.02 Å². The van der Waals surface area contributed by atoms with Crippen molar-refractivity contribution in [3.63, 3.8) is 0 Å². The predicted molar refractivity (Wildman–Crippen MR) is 131 cm³/mol. The van der Waals surface area contributed by atoms with Crippen LogP contribution in [0, 0.1) is 0 Å². The number of methoxy groups -OCH3 is 1. The minimum atomic E-state index is -0.431. The Morgan fingerprint density at radius 1 is 1.00 bits per heavy atom. The summed E-state index contributed by atoms with van der Waals surface area (Å²) in [4.78, 5) is 28.7. The number of nitrogens with one attached hydrogen (secondary N) is 1. The minimum Gasteiger partial charge on any atom is -0.495 e. The molecule has 0 bridgehead atoms. The highest BCUT2D eigenvalue weighted by molar-refractivity contribution is 7.11. The quantitative estimate of drug-likeness (QED) is 0.461. The molecule has 5 nitrogen and oxygen atoms in total. The van der Waals surface area contributed by atoms with Crippen molar-refractivity contribution in [3.8, 4) is 5.75 Å². The Hall–Kier alpha value is -3.09. The maximum absolute atomic E-state index is 13.4. The number of ether oxygens (including phenoxy) is 1. The molecule has 1 N–H and O–H groups in total. The molecule has 1 aliphatic heterocycles. The van der Waals surface area contributed by atoms with E-state index in [1.54, 1.807) is 18.2 Å². The van der Waals surface area contributed by atoms with Crippen molar-refractivity contribution in [2.24, 2.45) is 0 Å². The van der Waals surface area contributed by atoms with Crippen LogP contribution in [0.1, 0.15) is 31.2 Å². The van der Waals surface area contributed by atoms with Crippen molar-refractivity contribution < 1.29 is 14.3 Å². The van der Waals surface area contributed by atoms with Crippen LogP contribution in [-0.2, 0) is 15.0 Å². The van der Waals surface area contributed by atoms with Crippen molar-refractivity contribution >= 4 is 51.7 Å². The molecule has 2 amide bonds. The Morgan fingerprint density at radius 3 is 2.28 bits per heavy atom. The first-order valence-electron chi connectivity index (χ1n) is 10.1. The van der Waals surface area contributed by atoms with Crippen molar-refractivity contribution in [2.45, 2.75) is 26.2 Å². The molecule has 0 fully saturated rings. The first kappa shape index (κ1) is 22.1. The molecule has 0 radical (unpaired) electrons. The Labute approximate surface area is 196 Å². The number of amides is 2. The first-order chi connectivity index (χ1) is 15.2. The van der Waals surface area contributed by atoms with Gasteiger partial charge in [-0.25, -0.2) is 4.90 Å². The highest BCUT2D eigenvalue weighted by Crippen LogP contribution is 2.38. The Kier molecular flexibility index (Phi) is 5.84. The number of halogens is 1. The molecule has 0 atom stereocenters. The molecule has 7 heteroatoms. The van der Waals surface area contributed by atoms with E-state index in [1.165, 1.54) is 24.0 Å². The summed E-state index contributed by atoms with van der Waals surface area (Å²) in [5.41, 5.74) is 2.91. The number of hydrogen-bond acceptors (Lipinski definition) is 5.